The zero-order valence-electron chi connectivity index (χ0n) is 54.4. The lowest BCUT2D eigenvalue weighted by molar-refractivity contribution is -0.271. The second-order valence-electron chi connectivity index (χ2n) is 23.0. The number of hydrogen-bond donors (Lipinski definition) is 9. The quantitative estimate of drug-likeness (QED) is 0.0185. The summed E-state index contributed by atoms with van der Waals surface area (Å²) in [6, 6.07) is 13.9. The average molecular weight is 1370 g/mol. The van der Waals surface area contributed by atoms with Crippen LogP contribution in [0.3, 0.4) is 0 Å². The van der Waals surface area contributed by atoms with Gasteiger partial charge in [-0.15, -0.1) is 10.2 Å². The monoisotopic (exact) mass is 1370 g/mol. The summed E-state index contributed by atoms with van der Waals surface area (Å²) in [6.07, 6.45) is -4.95. The van der Waals surface area contributed by atoms with Crippen LogP contribution in [0.2, 0.25) is 0 Å². The second kappa shape index (κ2) is 30.2. The van der Waals surface area contributed by atoms with Crippen LogP contribution in [0.5, 0.6) is 17.2 Å². The molecule has 0 spiro atoms. The number of aliphatic hydroxyl groups is 3. The number of nitrogens with zero attached hydrogens (tertiary/aromatic N) is 10. The minimum atomic E-state index is -2.03. The highest BCUT2D eigenvalue weighted by atomic mass is 16.7. The zero-order valence-corrected chi connectivity index (χ0v) is 54.4. The van der Waals surface area contributed by atoms with Gasteiger partial charge in [-0.1, -0.05) is 25.1 Å². The van der Waals surface area contributed by atoms with Crippen LogP contribution < -0.4 is 41.6 Å². The maximum absolute atomic E-state index is 14.1. The predicted molar refractivity (Wildman–Crippen MR) is 349 cm³/mol. The molecule has 7 heterocycles. The van der Waals surface area contributed by atoms with Gasteiger partial charge in [0.15, 0.2) is 12.0 Å². The Morgan fingerprint density at radius 3 is 2.21 bits per heavy atom. The number of primary amides is 2. The first-order valence-electron chi connectivity index (χ1n) is 31.2. The number of carboxylic acid groups (broad SMARTS) is 1. The number of fused-ring (bicyclic) bond motifs is 4. The lowest BCUT2D eigenvalue weighted by Crippen LogP contribution is -2.61. The third kappa shape index (κ3) is 15.5. The fourth-order valence-corrected chi connectivity index (χ4v) is 11.2. The van der Waals surface area contributed by atoms with Gasteiger partial charge in [-0.05, 0) is 80.8 Å². The van der Waals surface area contributed by atoms with Gasteiger partial charge < -0.3 is 84.7 Å². The highest BCUT2D eigenvalue weighted by Crippen LogP contribution is 2.38. The first-order chi connectivity index (χ1) is 47.4. The number of imide groups is 1. The van der Waals surface area contributed by atoms with E-state index in [4.69, 9.17) is 44.6 Å². The number of rotatable bonds is 29. The SMILES string of the molecule is CCc1nc(C)oc1C(=O)Nc1nc2cc(C(N)=O)cc(OCCCN(C)C(=O)OCc3ccc(O[C@@H]4O[C@H](C(=O)O)[C@@H](O)[C@H](O)[C@H]4O)c(NC(=O)CCNC(=O)CCN4C(=O)C=CC4=O)c3)c2n1C/C=C/Cn1c2cc(-c3cc(C)nn3CC)nnc2c2cc(C(N)=O)cc(OC)c21. The predicted octanol–water partition coefficient (Wildman–Crippen LogP) is 2.77. The summed E-state index contributed by atoms with van der Waals surface area (Å²) in [5.41, 5.74) is 16.7. The molecule has 11 N–H and O–H groups in total. The average Bonchev–Trinajstić information content (AvgIpc) is 1.60. The van der Waals surface area contributed by atoms with E-state index in [-0.39, 0.29) is 116 Å². The summed E-state index contributed by atoms with van der Waals surface area (Å²) >= 11 is 0. The molecular weight excluding hydrogens is 1290 g/mol. The molecule has 5 aromatic heterocycles. The van der Waals surface area contributed by atoms with Gasteiger partial charge in [-0.25, -0.2) is 19.6 Å². The molecular formula is C65H71N15O19. The fraction of sp³-hybridized carbons (Fsp3) is 0.354. The van der Waals surface area contributed by atoms with Gasteiger partial charge >= 0.3 is 12.1 Å². The molecule has 0 aliphatic carbocycles. The molecule has 10 rings (SSSR count). The largest absolute Gasteiger partial charge is 0.495 e. The Morgan fingerprint density at radius 2 is 1.52 bits per heavy atom. The Labute approximate surface area is 562 Å². The van der Waals surface area contributed by atoms with Crippen LogP contribution in [-0.4, -0.2) is 194 Å². The van der Waals surface area contributed by atoms with Crippen molar-refractivity contribution < 1.29 is 91.7 Å². The van der Waals surface area contributed by atoms with Crippen molar-refractivity contribution in [2.24, 2.45) is 11.5 Å². The molecule has 520 valence electrons. The third-order valence-corrected chi connectivity index (χ3v) is 16.1. The first kappa shape index (κ1) is 70.2. The number of benzene rings is 3. The number of aromatic nitrogens is 8. The van der Waals surface area contributed by atoms with Gasteiger partial charge in [0.2, 0.25) is 41.6 Å². The number of nitrogens with two attached hydrogens (primary N) is 2. The number of methoxy groups -OCH3 is 1. The Balaban J connectivity index is 0.859. The van der Waals surface area contributed by atoms with Gasteiger partial charge in [0.25, 0.3) is 17.7 Å². The van der Waals surface area contributed by atoms with Crippen molar-refractivity contribution in [1.29, 1.82) is 0 Å². The number of nitrogens with one attached hydrogen (secondary N) is 3. The number of ether oxygens (including phenoxy) is 5. The van der Waals surface area contributed by atoms with Gasteiger partial charge in [0.1, 0.15) is 58.9 Å². The normalized spacial score (nSPS) is 16.8. The molecule has 2 aliphatic heterocycles. The molecule has 0 bridgehead atoms. The number of aliphatic hydroxyl groups excluding tert-OH is 3. The van der Waals surface area contributed by atoms with Crippen LogP contribution in [0, 0.1) is 13.8 Å². The molecule has 34 heteroatoms. The number of carboxylic acids is 1. The molecule has 3 aromatic carbocycles. The number of aliphatic carboxylic acids is 1. The number of carbonyl (C=O) groups is 9. The molecule has 1 saturated heterocycles. The van der Waals surface area contributed by atoms with E-state index >= 15 is 0 Å². The lowest BCUT2D eigenvalue weighted by atomic mass is 9.99. The zero-order chi connectivity index (χ0) is 71.1. The molecule has 0 saturated carbocycles. The van der Waals surface area contributed by atoms with E-state index in [0.29, 0.717) is 57.6 Å². The van der Waals surface area contributed by atoms with Crippen LogP contribution in [0.1, 0.15) is 87.2 Å². The summed E-state index contributed by atoms with van der Waals surface area (Å²) in [4.78, 5) is 126. The Hall–Kier alpha value is -11.6. The number of oxazole rings is 1. The Morgan fingerprint density at radius 1 is 0.798 bits per heavy atom. The van der Waals surface area contributed by atoms with Crippen molar-refractivity contribution in [3.8, 4) is 28.6 Å². The minimum absolute atomic E-state index is 0.0221. The van der Waals surface area contributed by atoms with E-state index in [2.05, 4.69) is 36.2 Å². The van der Waals surface area contributed by atoms with E-state index < -0.39 is 90.7 Å². The summed E-state index contributed by atoms with van der Waals surface area (Å²) < 4.78 is 40.1. The number of amides is 8. The molecule has 0 unspecified atom stereocenters. The highest BCUT2D eigenvalue weighted by molar-refractivity contribution is 6.13. The van der Waals surface area contributed by atoms with E-state index in [0.717, 1.165) is 28.4 Å². The van der Waals surface area contributed by atoms with Crippen LogP contribution in [-0.2, 0) is 66.1 Å². The van der Waals surface area contributed by atoms with E-state index in [1.165, 1.54) is 49.4 Å². The van der Waals surface area contributed by atoms with Crippen LogP contribution in [0.4, 0.5) is 16.4 Å². The van der Waals surface area contributed by atoms with E-state index in [1.54, 1.807) is 23.6 Å². The molecule has 2 aliphatic rings. The highest BCUT2D eigenvalue weighted by Gasteiger charge is 2.48. The van der Waals surface area contributed by atoms with Gasteiger partial charge in [0.05, 0.1) is 53.0 Å². The second-order valence-corrected chi connectivity index (χ2v) is 23.0. The van der Waals surface area contributed by atoms with Crippen LogP contribution in [0.25, 0.3) is 44.4 Å². The van der Waals surface area contributed by atoms with E-state index in [1.807, 2.05) is 54.3 Å². The van der Waals surface area contributed by atoms with Crippen molar-refractivity contribution in [2.75, 3.05) is 51.0 Å². The van der Waals surface area contributed by atoms with Gasteiger partial charge in [-0.2, -0.15) is 5.10 Å². The molecule has 0 radical (unpaired) electrons. The third-order valence-electron chi connectivity index (χ3n) is 16.1. The van der Waals surface area contributed by atoms with Gasteiger partial charge in [0, 0.05) is 94.7 Å². The van der Waals surface area contributed by atoms with Crippen molar-refractivity contribution in [3.05, 3.63) is 119 Å². The van der Waals surface area contributed by atoms with E-state index in [9.17, 15) is 63.6 Å². The summed E-state index contributed by atoms with van der Waals surface area (Å²) in [5, 5.41) is 63.4. The van der Waals surface area contributed by atoms with Crippen molar-refractivity contribution >= 4 is 98.0 Å². The summed E-state index contributed by atoms with van der Waals surface area (Å²) in [5.74, 6) is -5.72. The van der Waals surface area contributed by atoms with Gasteiger partial charge in [-0.3, -0.25) is 48.5 Å². The van der Waals surface area contributed by atoms with Crippen LogP contribution >= 0.6 is 0 Å². The number of anilines is 2. The molecule has 1 fully saturated rings. The van der Waals surface area contributed by atoms with Crippen molar-refractivity contribution in [2.45, 2.75) is 110 Å². The maximum Gasteiger partial charge on any atom is 0.409 e. The van der Waals surface area contributed by atoms with Crippen LogP contribution in [0.15, 0.2) is 83.3 Å². The standard InChI is InChI=1S/C65H71N15O19/c1-7-38-57(97-33(4)69-38)61(90)72-64-71-41-27-36(60(67)89)29-46(53(41)79(64)21-10-9-20-77-43-30-39(42-24-32(3)75-80(42)8-2)73-74-51(43)37-26-35(59(66)88)28-45(94-6)52(37)77)95-23-11-19-76(5)65(93)96-31-34-12-13-44(98-63-56(87)54(85)55(86)58(99-63)62(91)92)40(25-34)70-48(82)16-18-68-47(81)17-22-78-49(83)14-15-50(78)84/h9-10,12-15,24-30,54-56,58,63,85-87H,7-8,11,16-23,31H2,1-6H3,(H2,66,88)(H2,67,89)(H,68,81)(H,70,82)(H,91,92)(H,71,72,90)/b10-9+/t54-,55-,56+,58-,63+/m0/s1. The lowest BCUT2D eigenvalue weighted by Gasteiger charge is -2.38. The minimum Gasteiger partial charge on any atom is -0.495 e. The Bertz CT molecular complexity index is 4550. The fourth-order valence-electron chi connectivity index (χ4n) is 11.2. The maximum atomic E-state index is 14.1. The molecule has 8 amide bonds. The molecule has 99 heavy (non-hydrogen) atoms. The number of allylic oxidation sites excluding steroid dienone is 2. The van der Waals surface area contributed by atoms with Crippen molar-refractivity contribution in [3.63, 3.8) is 0 Å². The topological polar surface area (TPSA) is 468 Å². The molecule has 5 atom stereocenters. The first-order valence-corrected chi connectivity index (χ1v) is 31.2. The Kier molecular flexibility index (Phi) is 21.4. The number of hydrogen-bond acceptors (Lipinski definition) is 23. The summed E-state index contributed by atoms with van der Waals surface area (Å²) in [6.45, 7) is 7.24. The summed E-state index contributed by atoms with van der Waals surface area (Å²) in [7, 11) is 2.94. The van der Waals surface area contributed by atoms with Crippen molar-refractivity contribution in [1.82, 2.24) is 54.2 Å². The molecule has 8 aromatic rings. The number of imidazole rings is 1. The smallest absolute Gasteiger partial charge is 0.409 e. The number of aryl methyl sites for hydroxylation is 4. The molecule has 34 nitrogen and oxygen atoms in total. The number of carbonyl (C=O) groups excluding carboxylic acids is 8.